The van der Waals surface area contributed by atoms with Crippen LogP contribution in [0, 0.1) is 11.3 Å². The Morgan fingerprint density at radius 1 is 1.26 bits per heavy atom. The average Bonchev–Trinajstić information content (AvgIpc) is 3.24. The lowest BCUT2D eigenvalue weighted by Gasteiger charge is -2.34. The van der Waals surface area contributed by atoms with E-state index in [-0.39, 0.29) is 36.5 Å². The zero-order chi connectivity index (χ0) is 22.0. The number of hydrogen-bond donors (Lipinski definition) is 2. The standard InChI is InChI=1S/C23H29F3N2O3/c1-13-19-9-14-2-3-16(23(24,25)26)8-15(14)11-28(19)21(30)22(13)6-4-17(10-22)27-18-5-7-31-12-20(18)29/h2-3,8,13,17-20,27,29H,4-7,9-12H2,1H3/t13?,17-,18?,19?,20?,22+/m1/s1. The highest BCUT2D eigenvalue weighted by Crippen LogP contribution is 2.54. The van der Waals surface area contributed by atoms with E-state index < -0.39 is 23.3 Å². The minimum absolute atomic E-state index is 0.0201. The van der Waals surface area contributed by atoms with Gasteiger partial charge in [0.05, 0.1) is 23.7 Å². The van der Waals surface area contributed by atoms with E-state index in [2.05, 4.69) is 12.2 Å². The van der Waals surface area contributed by atoms with Crippen molar-refractivity contribution in [3.63, 3.8) is 0 Å². The van der Waals surface area contributed by atoms with Gasteiger partial charge < -0.3 is 20.1 Å². The Labute approximate surface area is 179 Å². The van der Waals surface area contributed by atoms with E-state index in [1.165, 1.54) is 6.07 Å². The summed E-state index contributed by atoms with van der Waals surface area (Å²) >= 11 is 0. The van der Waals surface area contributed by atoms with Crippen LogP contribution in [0.5, 0.6) is 0 Å². The Kier molecular flexibility index (Phi) is 5.10. The molecule has 2 N–H and O–H groups in total. The highest BCUT2D eigenvalue weighted by Gasteiger charge is 2.60. The summed E-state index contributed by atoms with van der Waals surface area (Å²) in [7, 11) is 0. The number of hydrogen-bond acceptors (Lipinski definition) is 4. The molecular weight excluding hydrogens is 409 g/mol. The Hall–Kier alpha value is -1.64. The van der Waals surface area contributed by atoms with Crippen LogP contribution in [0.4, 0.5) is 13.2 Å². The van der Waals surface area contributed by atoms with Gasteiger partial charge in [0, 0.05) is 31.3 Å². The third kappa shape index (κ3) is 3.47. The normalized spacial score (nSPS) is 37.9. The average molecular weight is 438 g/mol. The highest BCUT2D eigenvalue weighted by atomic mass is 19.4. The first kappa shape index (κ1) is 21.2. The predicted molar refractivity (Wildman–Crippen MR) is 107 cm³/mol. The molecule has 5 nitrogen and oxygen atoms in total. The molecule has 6 atom stereocenters. The van der Waals surface area contributed by atoms with Crippen molar-refractivity contribution in [3.8, 4) is 0 Å². The molecule has 4 unspecified atom stereocenters. The van der Waals surface area contributed by atoms with Crippen LogP contribution in [-0.2, 0) is 28.7 Å². The van der Waals surface area contributed by atoms with Gasteiger partial charge in [0.2, 0.25) is 5.91 Å². The van der Waals surface area contributed by atoms with Gasteiger partial charge in [-0.05, 0) is 61.3 Å². The third-order valence-electron chi connectivity index (χ3n) is 8.16. The summed E-state index contributed by atoms with van der Waals surface area (Å²) in [6.07, 6.45) is -1.19. The van der Waals surface area contributed by atoms with Crippen LogP contribution in [0.2, 0.25) is 0 Å². The molecule has 0 radical (unpaired) electrons. The quantitative estimate of drug-likeness (QED) is 0.746. The van der Waals surface area contributed by atoms with E-state index in [4.69, 9.17) is 4.74 Å². The summed E-state index contributed by atoms with van der Waals surface area (Å²) in [5.41, 5.74) is 0.415. The Morgan fingerprint density at radius 3 is 2.81 bits per heavy atom. The van der Waals surface area contributed by atoms with Gasteiger partial charge in [0.1, 0.15) is 0 Å². The lowest BCUT2D eigenvalue weighted by molar-refractivity contribution is -0.137. The second kappa shape index (κ2) is 7.46. The molecule has 4 aliphatic rings. The summed E-state index contributed by atoms with van der Waals surface area (Å²) < 4.78 is 44.8. The second-order valence-corrected chi connectivity index (χ2v) is 9.77. The van der Waals surface area contributed by atoms with Crippen molar-refractivity contribution in [2.24, 2.45) is 11.3 Å². The van der Waals surface area contributed by atoms with Crippen LogP contribution in [0.3, 0.4) is 0 Å². The molecule has 1 saturated carbocycles. The number of carbonyl (C=O) groups excluding carboxylic acids is 1. The number of alkyl halides is 3. The van der Waals surface area contributed by atoms with Gasteiger partial charge in [-0.3, -0.25) is 4.79 Å². The van der Waals surface area contributed by atoms with Crippen molar-refractivity contribution < 1.29 is 27.8 Å². The first-order valence-electron chi connectivity index (χ1n) is 11.2. The predicted octanol–water partition coefficient (Wildman–Crippen LogP) is 2.89. The second-order valence-electron chi connectivity index (χ2n) is 9.77. The fraction of sp³-hybridized carbons (Fsp3) is 0.696. The highest BCUT2D eigenvalue weighted by molar-refractivity contribution is 5.87. The molecule has 1 amide bonds. The van der Waals surface area contributed by atoms with Crippen molar-refractivity contribution >= 4 is 5.91 Å². The minimum atomic E-state index is -4.38. The van der Waals surface area contributed by atoms with Gasteiger partial charge in [0.25, 0.3) is 0 Å². The van der Waals surface area contributed by atoms with Gasteiger partial charge in [-0.15, -0.1) is 0 Å². The van der Waals surface area contributed by atoms with E-state index in [0.717, 1.165) is 30.9 Å². The lowest BCUT2D eigenvalue weighted by Crippen LogP contribution is -2.50. The number of fused-ring (bicyclic) bond motifs is 2. The van der Waals surface area contributed by atoms with Crippen LogP contribution in [0.25, 0.3) is 0 Å². The van der Waals surface area contributed by atoms with Crippen molar-refractivity contribution in [2.75, 3.05) is 13.2 Å². The molecule has 3 aliphatic heterocycles. The molecule has 1 aromatic rings. The Morgan fingerprint density at radius 2 is 2.06 bits per heavy atom. The number of aliphatic hydroxyl groups excluding tert-OH is 1. The summed E-state index contributed by atoms with van der Waals surface area (Å²) in [5, 5.41) is 13.8. The molecule has 1 spiro atoms. The molecule has 170 valence electrons. The maximum atomic E-state index is 13.6. The fourth-order valence-electron chi connectivity index (χ4n) is 6.35. The SMILES string of the molecule is CC1C2Cc3ccc(C(F)(F)F)cc3CN2C(=O)[C@]12CC[C@@H](NC1CCOCC1O)C2. The summed E-state index contributed by atoms with van der Waals surface area (Å²) in [4.78, 5) is 15.4. The van der Waals surface area contributed by atoms with Crippen molar-refractivity contribution in [3.05, 3.63) is 34.9 Å². The molecule has 31 heavy (non-hydrogen) atoms. The number of ether oxygens (including phenoxy) is 1. The van der Waals surface area contributed by atoms with Crippen molar-refractivity contribution in [2.45, 2.75) is 76.0 Å². The maximum absolute atomic E-state index is 13.6. The first-order chi connectivity index (χ1) is 14.7. The lowest BCUT2D eigenvalue weighted by atomic mass is 9.73. The zero-order valence-electron chi connectivity index (χ0n) is 17.6. The molecule has 5 rings (SSSR count). The number of rotatable bonds is 2. The number of amides is 1. The van der Waals surface area contributed by atoms with E-state index in [1.807, 2.05) is 4.90 Å². The number of nitrogens with zero attached hydrogens (tertiary/aromatic N) is 1. The molecule has 2 saturated heterocycles. The Balaban J connectivity index is 1.34. The van der Waals surface area contributed by atoms with Crippen molar-refractivity contribution in [1.82, 2.24) is 10.2 Å². The topological polar surface area (TPSA) is 61.8 Å². The molecule has 1 aliphatic carbocycles. The number of nitrogens with one attached hydrogen (secondary N) is 1. The van der Waals surface area contributed by atoms with Gasteiger partial charge in [-0.25, -0.2) is 0 Å². The summed E-state index contributed by atoms with van der Waals surface area (Å²) in [6.45, 7) is 3.34. The van der Waals surface area contributed by atoms with Gasteiger partial charge in [-0.1, -0.05) is 13.0 Å². The first-order valence-corrected chi connectivity index (χ1v) is 11.2. The van der Waals surface area contributed by atoms with Crippen LogP contribution in [-0.4, -0.2) is 53.4 Å². The molecule has 0 bridgehead atoms. The van der Waals surface area contributed by atoms with Gasteiger partial charge >= 0.3 is 6.18 Å². The van der Waals surface area contributed by atoms with E-state index in [0.29, 0.717) is 31.6 Å². The molecule has 0 aromatic heterocycles. The van der Waals surface area contributed by atoms with Crippen molar-refractivity contribution in [1.29, 1.82) is 0 Å². The van der Waals surface area contributed by atoms with Gasteiger partial charge in [0.15, 0.2) is 0 Å². The molecule has 3 heterocycles. The Bertz CT molecular complexity index is 876. The van der Waals surface area contributed by atoms with Crippen LogP contribution in [0.15, 0.2) is 18.2 Å². The zero-order valence-corrected chi connectivity index (χ0v) is 17.6. The largest absolute Gasteiger partial charge is 0.416 e. The molecule has 1 aromatic carbocycles. The van der Waals surface area contributed by atoms with E-state index in [9.17, 15) is 23.1 Å². The molecule has 8 heteroatoms. The minimum Gasteiger partial charge on any atom is -0.389 e. The third-order valence-corrected chi connectivity index (χ3v) is 8.16. The van der Waals surface area contributed by atoms with E-state index in [1.54, 1.807) is 6.07 Å². The number of benzene rings is 1. The summed E-state index contributed by atoms with van der Waals surface area (Å²) in [5.74, 6) is 0.228. The van der Waals surface area contributed by atoms with Crippen LogP contribution < -0.4 is 5.32 Å². The van der Waals surface area contributed by atoms with Gasteiger partial charge in [-0.2, -0.15) is 13.2 Å². The fourth-order valence-corrected chi connectivity index (χ4v) is 6.35. The maximum Gasteiger partial charge on any atom is 0.416 e. The van der Waals surface area contributed by atoms with E-state index >= 15 is 0 Å². The van der Waals surface area contributed by atoms with Crippen LogP contribution in [0.1, 0.15) is 49.3 Å². The summed E-state index contributed by atoms with van der Waals surface area (Å²) in [6, 6.07) is 4.12. The smallest absolute Gasteiger partial charge is 0.389 e. The number of carbonyl (C=O) groups is 1. The molecular formula is C23H29F3N2O3. The molecule has 3 fully saturated rings. The monoisotopic (exact) mass is 438 g/mol. The van der Waals surface area contributed by atoms with Crippen LogP contribution >= 0.6 is 0 Å². The number of aliphatic hydroxyl groups is 1. The number of halogens is 3.